The molecule has 1 aromatic rings. The van der Waals surface area contributed by atoms with Gasteiger partial charge < -0.3 is 15.6 Å². The Balaban J connectivity index is 1.78. The zero-order chi connectivity index (χ0) is 14.2. The lowest BCUT2D eigenvalue weighted by atomic mass is 9.73. The van der Waals surface area contributed by atoms with Gasteiger partial charge in [-0.1, -0.05) is 19.8 Å². The van der Waals surface area contributed by atoms with Crippen molar-refractivity contribution in [3.63, 3.8) is 0 Å². The number of carbonyl (C=O) groups excluding carboxylic acids is 1. The molecule has 0 bridgehead atoms. The first-order valence-corrected chi connectivity index (χ1v) is 7.86. The van der Waals surface area contributed by atoms with Crippen molar-refractivity contribution in [2.75, 3.05) is 6.54 Å². The van der Waals surface area contributed by atoms with Gasteiger partial charge in [-0.05, 0) is 43.7 Å². The van der Waals surface area contributed by atoms with E-state index in [0.29, 0.717) is 18.5 Å². The number of nitrogens with one attached hydrogen (secondary N) is 1. The van der Waals surface area contributed by atoms with Gasteiger partial charge in [-0.15, -0.1) is 0 Å². The average Bonchev–Trinajstić information content (AvgIpc) is 3.18. The van der Waals surface area contributed by atoms with Gasteiger partial charge in [-0.2, -0.15) is 0 Å². The Morgan fingerprint density at radius 1 is 1.45 bits per heavy atom. The van der Waals surface area contributed by atoms with Crippen LogP contribution in [0.25, 0.3) is 0 Å². The number of carbonyl (C=O) groups is 1. The lowest BCUT2D eigenvalue weighted by Gasteiger charge is -2.42. The lowest BCUT2D eigenvalue weighted by Crippen LogP contribution is -2.59. The van der Waals surface area contributed by atoms with Crippen LogP contribution in [0.15, 0.2) is 18.3 Å². The average molecular weight is 275 g/mol. The van der Waals surface area contributed by atoms with Gasteiger partial charge in [0.1, 0.15) is 5.69 Å². The summed E-state index contributed by atoms with van der Waals surface area (Å²) in [6.45, 7) is 2.75. The standard InChI is InChI=1S/C16H25N3O/c1-12-5-2-3-9-16(12,11-17)18-15(20)14-6-4-10-19(14)13-7-8-13/h4,6,10,12-13H,2-3,5,7-9,11,17H2,1H3,(H,18,20). The van der Waals surface area contributed by atoms with Crippen molar-refractivity contribution in [1.29, 1.82) is 0 Å². The SMILES string of the molecule is CC1CCCCC1(CN)NC(=O)c1cccn1C1CC1. The van der Waals surface area contributed by atoms with Crippen LogP contribution in [0.5, 0.6) is 0 Å². The van der Waals surface area contributed by atoms with Crippen molar-refractivity contribution in [3.8, 4) is 0 Å². The Morgan fingerprint density at radius 3 is 2.90 bits per heavy atom. The van der Waals surface area contributed by atoms with Crippen LogP contribution in [-0.2, 0) is 0 Å². The van der Waals surface area contributed by atoms with Gasteiger partial charge in [0.05, 0.1) is 5.54 Å². The van der Waals surface area contributed by atoms with Crippen LogP contribution in [-0.4, -0.2) is 22.6 Å². The molecule has 0 saturated heterocycles. The minimum absolute atomic E-state index is 0.0427. The molecule has 3 N–H and O–H groups in total. The molecule has 2 fully saturated rings. The van der Waals surface area contributed by atoms with E-state index in [2.05, 4.69) is 16.8 Å². The molecule has 2 aliphatic rings. The third kappa shape index (κ3) is 2.37. The summed E-state index contributed by atoms with van der Waals surface area (Å²) in [5, 5.41) is 3.27. The number of aromatic nitrogens is 1. The number of amides is 1. The Hall–Kier alpha value is -1.29. The quantitative estimate of drug-likeness (QED) is 0.886. The summed E-state index contributed by atoms with van der Waals surface area (Å²) < 4.78 is 2.12. The van der Waals surface area contributed by atoms with Crippen LogP contribution >= 0.6 is 0 Å². The molecule has 4 heteroatoms. The first-order chi connectivity index (χ1) is 9.66. The van der Waals surface area contributed by atoms with E-state index in [4.69, 9.17) is 5.73 Å². The molecule has 2 saturated carbocycles. The Bertz CT molecular complexity index is 492. The maximum absolute atomic E-state index is 12.6. The van der Waals surface area contributed by atoms with Gasteiger partial charge in [0, 0.05) is 18.8 Å². The Labute approximate surface area is 120 Å². The van der Waals surface area contributed by atoms with E-state index >= 15 is 0 Å². The monoisotopic (exact) mass is 275 g/mol. The van der Waals surface area contributed by atoms with E-state index in [1.807, 2.05) is 18.3 Å². The highest BCUT2D eigenvalue weighted by atomic mass is 16.2. The molecule has 0 radical (unpaired) electrons. The minimum Gasteiger partial charge on any atom is -0.344 e. The molecule has 20 heavy (non-hydrogen) atoms. The van der Waals surface area contributed by atoms with Crippen LogP contribution in [0.3, 0.4) is 0 Å². The molecule has 2 atom stereocenters. The van der Waals surface area contributed by atoms with Gasteiger partial charge in [0.2, 0.25) is 0 Å². The fourth-order valence-electron chi connectivity index (χ4n) is 3.50. The summed E-state index contributed by atoms with van der Waals surface area (Å²) >= 11 is 0. The number of rotatable bonds is 4. The predicted octanol–water partition coefficient (Wildman–Crippen LogP) is 2.46. The van der Waals surface area contributed by atoms with E-state index in [1.165, 1.54) is 19.3 Å². The summed E-state index contributed by atoms with van der Waals surface area (Å²) in [4.78, 5) is 12.6. The van der Waals surface area contributed by atoms with E-state index in [1.54, 1.807) is 0 Å². The van der Waals surface area contributed by atoms with E-state index in [9.17, 15) is 4.79 Å². The predicted molar refractivity (Wildman–Crippen MR) is 79.6 cm³/mol. The van der Waals surface area contributed by atoms with Crippen molar-refractivity contribution in [2.24, 2.45) is 11.7 Å². The topological polar surface area (TPSA) is 60.0 Å². The smallest absolute Gasteiger partial charge is 0.268 e. The van der Waals surface area contributed by atoms with Crippen molar-refractivity contribution < 1.29 is 4.79 Å². The van der Waals surface area contributed by atoms with Crippen LogP contribution in [0.1, 0.15) is 62.0 Å². The number of hydrogen-bond donors (Lipinski definition) is 2. The van der Waals surface area contributed by atoms with Crippen LogP contribution in [0.4, 0.5) is 0 Å². The van der Waals surface area contributed by atoms with Crippen LogP contribution < -0.4 is 11.1 Å². The first kappa shape index (κ1) is 13.7. The highest BCUT2D eigenvalue weighted by Crippen LogP contribution is 2.37. The minimum atomic E-state index is -0.214. The third-order valence-corrected chi connectivity index (χ3v) is 5.13. The summed E-state index contributed by atoms with van der Waals surface area (Å²) in [5.74, 6) is 0.496. The number of hydrogen-bond acceptors (Lipinski definition) is 2. The Morgan fingerprint density at radius 2 is 2.25 bits per heavy atom. The second-order valence-corrected chi connectivity index (χ2v) is 6.49. The fraction of sp³-hybridized carbons (Fsp3) is 0.688. The first-order valence-electron chi connectivity index (χ1n) is 7.86. The third-order valence-electron chi connectivity index (χ3n) is 5.13. The molecule has 2 aliphatic carbocycles. The van der Waals surface area contributed by atoms with E-state index in [0.717, 1.165) is 25.0 Å². The maximum atomic E-state index is 12.6. The lowest BCUT2D eigenvalue weighted by molar-refractivity contribution is 0.0803. The van der Waals surface area contributed by atoms with Gasteiger partial charge in [0.15, 0.2) is 0 Å². The molecule has 1 heterocycles. The normalized spacial score (nSPS) is 30.2. The van der Waals surface area contributed by atoms with Gasteiger partial charge in [0.25, 0.3) is 5.91 Å². The number of nitrogens with two attached hydrogens (primary N) is 1. The van der Waals surface area contributed by atoms with Crippen molar-refractivity contribution in [3.05, 3.63) is 24.0 Å². The van der Waals surface area contributed by atoms with Crippen molar-refractivity contribution >= 4 is 5.91 Å². The largest absolute Gasteiger partial charge is 0.344 e. The second-order valence-electron chi connectivity index (χ2n) is 6.49. The highest BCUT2D eigenvalue weighted by molar-refractivity contribution is 5.93. The van der Waals surface area contributed by atoms with Crippen molar-refractivity contribution in [2.45, 2.75) is 57.0 Å². The molecule has 2 unspecified atom stereocenters. The molecule has 4 nitrogen and oxygen atoms in total. The fourth-order valence-corrected chi connectivity index (χ4v) is 3.50. The molecule has 0 aromatic carbocycles. The second kappa shape index (κ2) is 5.24. The highest BCUT2D eigenvalue weighted by Gasteiger charge is 2.39. The molecule has 1 aromatic heterocycles. The molecular formula is C16H25N3O. The van der Waals surface area contributed by atoms with Crippen LogP contribution in [0.2, 0.25) is 0 Å². The molecule has 3 rings (SSSR count). The van der Waals surface area contributed by atoms with Crippen LogP contribution in [0, 0.1) is 5.92 Å². The summed E-state index contributed by atoms with van der Waals surface area (Å²) in [5.41, 5.74) is 6.59. The summed E-state index contributed by atoms with van der Waals surface area (Å²) in [7, 11) is 0. The Kier molecular flexibility index (Phi) is 3.59. The molecule has 1 amide bonds. The molecular weight excluding hydrogens is 250 g/mol. The van der Waals surface area contributed by atoms with Gasteiger partial charge >= 0.3 is 0 Å². The molecule has 110 valence electrons. The van der Waals surface area contributed by atoms with E-state index in [-0.39, 0.29) is 11.4 Å². The zero-order valence-electron chi connectivity index (χ0n) is 12.3. The maximum Gasteiger partial charge on any atom is 0.268 e. The summed E-state index contributed by atoms with van der Waals surface area (Å²) in [6.07, 6.45) is 8.96. The van der Waals surface area contributed by atoms with Crippen molar-refractivity contribution in [1.82, 2.24) is 9.88 Å². The number of nitrogens with zero attached hydrogens (tertiary/aromatic N) is 1. The van der Waals surface area contributed by atoms with Gasteiger partial charge in [-0.25, -0.2) is 0 Å². The van der Waals surface area contributed by atoms with E-state index < -0.39 is 0 Å². The zero-order valence-corrected chi connectivity index (χ0v) is 12.3. The summed E-state index contributed by atoms with van der Waals surface area (Å²) in [6, 6.07) is 4.42. The van der Waals surface area contributed by atoms with Gasteiger partial charge in [-0.3, -0.25) is 4.79 Å². The molecule has 0 spiro atoms. The molecule has 0 aliphatic heterocycles.